The van der Waals surface area contributed by atoms with Crippen LogP contribution in [0.15, 0.2) is 0 Å². The van der Waals surface area contributed by atoms with Crippen LogP contribution >= 0.6 is 0 Å². The molecule has 1 heterocycles. The molecule has 0 spiro atoms. The van der Waals surface area contributed by atoms with Gasteiger partial charge in [0.05, 0.1) is 6.10 Å². The number of likely N-dealkylation sites (tertiary alicyclic amines) is 1. The van der Waals surface area contributed by atoms with Gasteiger partial charge in [-0.3, -0.25) is 4.79 Å². The molecule has 1 unspecified atom stereocenters. The summed E-state index contributed by atoms with van der Waals surface area (Å²) in [6.07, 6.45) is -12.4. The molecular weight excluding hydrogens is 256 g/mol. The third-order valence-electron chi connectivity index (χ3n) is 2.38. The van der Waals surface area contributed by atoms with Gasteiger partial charge in [-0.05, 0) is 6.42 Å². The van der Waals surface area contributed by atoms with Gasteiger partial charge < -0.3 is 10.0 Å². The molecule has 0 aromatic carbocycles. The molecule has 1 atom stereocenters. The van der Waals surface area contributed by atoms with Crippen LogP contribution in [-0.4, -0.2) is 47.5 Å². The highest BCUT2D eigenvalue weighted by molar-refractivity contribution is 5.80. The zero-order valence-corrected chi connectivity index (χ0v) is 8.35. The first kappa shape index (κ1) is 14.1. The second-order valence-corrected chi connectivity index (χ2v) is 3.74. The largest absolute Gasteiger partial charge is 0.409 e. The van der Waals surface area contributed by atoms with Crippen molar-refractivity contribution in [1.29, 1.82) is 0 Å². The van der Waals surface area contributed by atoms with Gasteiger partial charge in [0.1, 0.15) is 0 Å². The van der Waals surface area contributed by atoms with E-state index in [-0.39, 0.29) is 13.0 Å². The lowest BCUT2D eigenvalue weighted by Crippen LogP contribution is -2.49. The molecule has 0 radical (unpaired) electrons. The highest BCUT2D eigenvalue weighted by Crippen LogP contribution is 2.40. The lowest BCUT2D eigenvalue weighted by Gasteiger charge is -2.26. The Labute approximate surface area is 92.0 Å². The van der Waals surface area contributed by atoms with Crippen LogP contribution in [0.2, 0.25) is 0 Å². The number of aliphatic hydroxyl groups is 1. The van der Waals surface area contributed by atoms with Crippen molar-refractivity contribution >= 4 is 5.91 Å². The second-order valence-electron chi connectivity index (χ2n) is 3.74. The molecule has 17 heavy (non-hydrogen) atoms. The first-order valence-corrected chi connectivity index (χ1v) is 4.63. The van der Waals surface area contributed by atoms with E-state index in [0.29, 0.717) is 4.90 Å². The monoisotopic (exact) mass is 265 g/mol. The Bertz CT molecular complexity index is 285. The lowest BCUT2D eigenvalue weighted by atomic mass is 10.1. The Morgan fingerprint density at radius 2 is 1.65 bits per heavy atom. The molecule has 1 amide bonds. The Hall–Kier alpha value is -0.990. The standard InChI is InChI=1S/C8H9F6NO2/c9-7(10,11)5(8(12,13)14)6(17)15-2-1-4(16)3-15/h4-5,16H,1-3H2. The van der Waals surface area contributed by atoms with Crippen molar-refractivity contribution in [3.8, 4) is 0 Å². The summed E-state index contributed by atoms with van der Waals surface area (Å²) in [5.74, 6) is -6.07. The Morgan fingerprint density at radius 3 is 1.94 bits per heavy atom. The van der Waals surface area contributed by atoms with Gasteiger partial charge in [-0.25, -0.2) is 0 Å². The first-order chi connectivity index (χ1) is 7.53. The van der Waals surface area contributed by atoms with Crippen LogP contribution in [0.4, 0.5) is 26.3 Å². The summed E-state index contributed by atoms with van der Waals surface area (Å²) in [6, 6.07) is 0. The van der Waals surface area contributed by atoms with Gasteiger partial charge in [0, 0.05) is 13.1 Å². The summed E-state index contributed by atoms with van der Waals surface area (Å²) >= 11 is 0. The summed E-state index contributed by atoms with van der Waals surface area (Å²) in [5.41, 5.74) is 0. The minimum atomic E-state index is -5.68. The number of halogens is 6. The number of β-amino-alcohol motifs (C(OH)–C–C–N with tert-alkyl or cyclic N) is 1. The minimum Gasteiger partial charge on any atom is -0.391 e. The van der Waals surface area contributed by atoms with Gasteiger partial charge in [0.2, 0.25) is 11.8 Å². The molecule has 3 nitrogen and oxygen atoms in total. The Balaban J connectivity index is 2.89. The number of hydrogen-bond acceptors (Lipinski definition) is 2. The number of amides is 1. The third kappa shape index (κ3) is 3.24. The summed E-state index contributed by atoms with van der Waals surface area (Å²) in [5, 5.41) is 8.98. The second kappa shape index (κ2) is 4.35. The average Bonchev–Trinajstić information content (AvgIpc) is 2.45. The van der Waals surface area contributed by atoms with E-state index in [1.807, 2.05) is 0 Å². The van der Waals surface area contributed by atoms with Crippen LogP contribution in [0.1, 0.15) is 6.42 Å². The van der Waals surface area contributed by atoms with Crippen molar-refractivity contribution in [3.63, 3.8) is 0 Å². The summed E-state index contributed by atoms with van der Waals surface area (Å²) in [4.78, 5) is 11.5. The van der Waals surface area contributed by atoms with Crippen molar-refractivity contribution < 1.29 is 36.2 Å². The molecule has 0 aromatic rings. The van der Waals surface area contributed by atoms with Crippen LogP contribution in [0.5, 0.6) is 0 Å². The maximum absolute atomic E-state index is 12.2. The van der Waals surface area contributed by atoms with E-state index < -0.39 is 36.8 Å². The fourth-order valence-corrected chi connectivity index (χ4v) is 1.59. The number of carbonyl (C=O) groups excluding carboxylic acids is 1. The summed E-state index contributed by atoms with van der Waals surface area (Å²) in [7, 11) is 0. The normalized spacial score (nSPS) is 22.4. The molecule has 1 rings (SSSR count). The van der Waals surface area contributed by atoms with Crippen LogP contribution in [0, 0.1) is 5.92 Å². The molecule has 1 fully saturated rings. The van der Waals surface area contributed by atoms with Crippen LogP contribution in [0.3, 0.4) is 0 Å². The highest BCUT2D eigenvalue weighted by atomic mass is 19.4. The molecule has 1 saturated heterocycles. The van der Waals surface area contributed by atoms with Gasteiger partial charge in [-0.2, -0.15) is 26.3 Å². The van der Waals surface area contributed by atoms with Gasteiger partial charge in [-0.1, -0.05) is 0 Å². The smallest absolute Gasteiger partial charge is 0.391 e. The molecule has 0 aromatic heterocycles. The van der Waals surface area contributed by atoms with E-state index in [4.69, 9.17) is 5.11 Å². The molecule has 100 valence electrons. The predicted molar refractivity (Wildman–Crippen MR) is 42.8 cm³/mol. The molecule has 1 aliphatic heterocycles. The maximum atomic E-state index is 12.2. The molecular formula is C8H9F6NO2. The molecule has 0 saturated carbocycles. The van der Waals surface area contributed by atoms with E-state index in [9.17, 15) is 31.1 Å². The van der Waals surface area contributed by atoms with Crippen molar-refractivity contribution in [1.82, 2.24) is 4.90 Å². The van der Waals surface area contributed by atoms with Crippen molar-refractivity contribution in [2.24, 2.45) is 5.92 Å². The minimum absolute atomic E-state index is 0.0197. The molecule has 9 heteroatoms. The quantitative estimate of drug-likeness (QED) is 0.726. The summed E-state index contributed by atoms with van der Waals surface area (Å²) < 4.78 is 73.1. The fraction of sp³-hybridized carbons (Fsp3) is 0.875. The lowest BCUT2D eigenvalue weighted by molar-refractivity contribution is -0.277. The zero-order chi connectivity index (χ0) is 13.4. The van der Waals surface area contributed by atoms with E-state index in [2.05, 4.69) is 0 Å². The number of rotatable bonds is 1. The van der Waals surface area contributed by atoms with Gasteiger partial charge in [0.15, 0.2) is 0 Å². The topological polar surface area (TPSA) is 40.5 Å². The number of hydrogen-bond donors (Lipinski definition) is 1. The fourth-order valence-electron chi connectivity index (χ4n) is 1.59. The third-order valence-corrected chi connectivity index (χ3v) is 2.38. The van der Waals surface area contributed by atoms with Crippen molar-refractivity contribution in [2.75, 3.05) is 13.1 Å². The van der Waals surface area contributed by atoms with Gasteiger partial charge in [-0.15, -0.1) is 0 Å². The SMILES string of the molecule is O=C(C(C(F)(F)F)C(F)(F)F)N1CCC(O)C1. The predicted octanol–water partition coefficient (Wildman–Crippen LogP) is 1.32. The number of nitrogens with zero attached hydrogens (tertiary/aromatic N) is 1. The van der Waals surface area contributed by atoms with Crippen LogP contribution < -0.4 is 0 Å². The van der Waals surface area contributed by atoms with Crippen molar-refractivity contribution in [2.45, 2.75) is 24.9 Å². The molecule has 1 N–H and O–H groups in total. The van der Waals surface area contributed by atoms with Crippen LogP contribution in [-0.2, 0) is 4.79 Å². The average molecular weight is 265 g/mol. The zero-order valence-electron chi connectivity index (χ0n) is 8.35. The highest BCUT2D eigenvalue weighted by Gasteiger charge is 2.62. The number of alkyl halides is 6. The molecule has 0 bridgehead atoms. The van der Waals surface area contributed by atoms with Gasteiger partial charge >= 0.3 is 12.4 Å². The Morgan fingerprint density at radius 1 is 1.18 bits per heavy atom. The van der Waals surface area contributed by atoms with Crippen molar-refractivity contribution in [3.05, 3.63) is 0 Å². The van der Waals surface area contributed by atoms with E-state index in [1.165, 1.54) is 0 Å². The van der Waals surface area contributed by atoms with Gasteiger partial charge in [0.25, 0.3) is 0 Å². The molecule has 0 aliphatic carbocycles. The first-order valence-electron chi connectivity index (χ1n) is 4.63. The number of aliphatic hydroxyl groups excluding tert-OH is 1. The van der Waals surface area contributed by atoms with E-state index in [0.717, 1.165) is 0 Å². The number of carbonyl (C=O) groups is 1. The molecule has 1 aliphatic rings. The Kier molecular flexibility index (Phi) is 3.60. The maximum Gasteiger partial charge on any atom is 0.409 e. The summed E-state index contributed by atoms with van der Waals surface area (Å²) in [6.45, 7) is -0.801. The van der Waals surface area contributed by atoms with E-state index in [1.54, 1.807) is 0 Å². The van der Waals surface area contributed by atoms with E-state index >= 15 is 0 Å². The van der Waals surface area contributed by atoms with Crippen LogP contribution in [0.25, 0.3) is 0 Å².